The number of hydrogen-bond acceptors (Lipinski definition) is 12. The van der Waals surface area contributed by atoms with Gasteiger partial charge in [-0.2, -0.15) is 0 Å². The van der Waals surface area contributed by atoms with Crippen molar-refractivity contribution < 1.29 is 52.4 Å². The van der Waals surface area contributed by atoms with Crippen LogP contribution in [0.4, 0.5) is 4.79 Å². The lowest BCUT2D eigenvalue weighted by Gasteiger charge is -2.29. The second kappa shape index (κ2) is 15.7. The number of nitrogens with zero attached hydrogens (tertiary/aromatic N) is 1. The molecule has 1 saturated heterocycles. The lowest BCUT2D eigenvalue weighted by atomic mass is 9.91. The fourth-order valence-electron chi connectivity index (χ4n) is 4.18. The lowest BCUT2D eigenvalue weighted by molar-refractivity contribution is -0.176. The summed E-state index contributed by atoms with van der Waals surface area (Å²) in [5, 5.41) is 2.43. The molecule has 1 aromatic heterocycles. The van der Waals surface area contributed by atoms with Gasteiger partial charge < -0.3 is 33.7 Å². The molecule has 1 aliphatic heterocycles. The van der Waals surface area contributed by atoms with E-state index in [1.54, 1.807) is 38.1 Å². The van der Waals surface area contributed by atoms with Crippen LogP contribution in [-0.4, -0.2) is 73.5 Å². The van der Waals surface area contributed by atoms with Crippen molar-refractivity contribution in [3.05, 3.63) is 53.9 Å². The third-order valence-electron chi connectivity index (χ3n) is 6.49. The number of methoxy groups -OCH3 is 1. The Morgan fingerprint density at radius 3 is 2.39 bits per heavy atom. The maximum atomic E-state index is 13.4. The molecule has 0 bridgehead atoms. The molecule has 44 heavy (non-hydrogen) atoms. The van der Waals surface area contributed by atoms with E-state index in [9.17, 15) is 24.0 Å². The molecular formula is C31H38N2O11. The van der Waals surface area contributed by atoms with Crippen LogP contribution < -0.4 is 14.8 Å². The number of amides is 1. The Hall–Kier alpha value is -4.68. The minimum Gasteiger partial charge on any atom is -0.493 e. The second-order valence-electron chi connectivity index (χ2n) is 10.9. The summed E-state index contributed by atoms with van der Waals surface area (Å²) in [7, 11) is 1.30. The van der Waals surface area contributed by atoms with Crippen LogP contribution in [0.5, 0.6) is 11.5 Å². The van der Waals surface area contributed by atoms with Crippen molar-refractivity contribution in [3.8, 4) is 11.5 Å². The minimum absolute atomic E-state index is 0.00213. The molecule has 0 spiro atoms. The topological polar surface area (TPSA) is 166 Å². The third kappa shape index (κ3) is 9.16. The highest BCUT2D eigenvalue weighted by atomic mass is 16.7. The molecule has 1 N–H and O–H groups in total. The number of hydrogen-bond donors (Lipinski definition) is 1. The molecule has 0 aliphatic carbocycles. The van der Waals surface area contributed by atoms with E-state index in [0.29, 0.717) is 0 Å². The minimum atomic E-state index is -1.49. The van der Waals surface area contributed by atoms with Crippen molar-refractivity contribution in [3.63, 3.8) is 0 Å². The Morgan fingerprint density at radius 1 is 1.05 bits per heavy atom. The monoisotopic (exact) mass is 614 g/mol. The first-order valence-corrected chi connectivity index (χ1v) is 14.2. The van der Waals surface area contributed by atoms with E-state index >= 15 is 0 Å². The zero-order valence-electron chi connectivity index (χ0n) is 25.6. The third-order valence-corrected chi connectivity index (χ3v) is 6.49. The molecule has 1 aliphatic rings. The highest BCUT2D eigenvalue weighted by Gasteiger charge is 2.42. The number of ether oxygens (including phenoxy) is 6. The number of rotatable bonds is 10. The number of carbonyl (C=O) groups is 5. The number of benzene rings is 1. The molecule has 2 unspecified atom stereocenters. The predicted octanol–water partition coefficient (Wildman–Crippen LogP) is 3.28. The number of nitrogens with one attached hydrogen (secondary N) is 1. The average Bonchev–Trinajstić information content (AvgIpc) is 3.02. The summed E-state index contributed by atoms with van der Waals surface area (Å²) in [5.74, 6) is -5.09. The number of esters is 3. The van der Waals surface area contributed by atoms with Crippen LogP contribution in [0.15, 0.2) is 42.6 Å². The number of cyclic esters (lactones) is 2. The Labute approximate surface area is 255 Å². The van der Waals surface area contributed by atoms with Gasteiger partial charge in [0.05, 0.1) is 19.6 Å². The van der Waals surface area contributed by atoms with E-state index in [1.165, 1.54) is 26.3 Å². The molecule has 4 atom stereocenters. The molecule has 1 aromatic carbocycles. The van der Waals surface area contributed by atoms with Crippen molar-refractivity contribution in [2.75, 3.05) is 20.3 Å². The summed E-state index contributed by atoms with van der Waals surface area (Å²) in [6, 6.07) is 8.91. The Bertz CT molecular complexity index is 1330. The molecule has 3 rings (SSSR count). The zero-order chi connectivity index (χ0) is 32.4. The van der Waals surface area contributed by atoms with Gasteiger partial charge in [0, 0.05) is 12.3 Å². The normalized spacial score (nSPS) is 20.4. The zero-order valence-corrected chi connectivity index (χ0v) is 25.6. The van der Waals surface area contributed by atoms with Crippen LogP contribution in [0.25, 0.3) is 0 Å². The van der Waals surface area contributed by atoms with Gasteiger partial charge in [-0.3, -0.25) is 14.4 Å². The highest BCUT2D eigenvalue weighted by Crippen LogP contribution is 2.30. The number of aromatic nitrogens is 1. The summed E-state index contributed by atoms with van der Waals surface area (Å²) in [6.45, 7) is 7.91. The van der Waals surface area contributed by atoms with Crippen molar-refractivity contribution in [2.45, 2.75) is 59.3 Å². The van der Waals surface area contributed by atoms with Gasteiger partial charge in [-0.05, 0) is 24.8 Å². The summed E-state index contributed by atoms with van der Waals surface area (Å²) >= 11 is 0. The molecule has 1 amide bonds. The van der Waals surface area contributed by atoms with Crippen LogP contribution in [0.2, 0.25) is 0 Å². The molecule has 0 radical (unpaired) electrons. The molecule has 2 aromatic rings. The van der Waals surface area contributed by atoms with Gasteiger partial charge in [0.1, 0.15) is 18.6 Å². The molecule has 0 saturated carbocycles. The van der Waals surface area contributed by atoms with Crippen LogP contribution in [-0.2, 0) is 39.8 Å². The largest absolute Gasteiger partial charge is 0.514 e. The molecular weight excluding hydrogens is 576 g/mol. The summed E-state index contributed by atoms with van der Waals surface area (Å²) < 4.78 is 32.3. The number of carbonyl (C=O) groups excluding carboxylic acids is 5. The van der Waals surface area contributed by atoms with E-state index < -0.39 is 72.4 Å². The van der Waals surface area contributed by atoms with Crippen molar-refractivity contribution in [1.82, 2.24) is 10.3 Å². The molecule has 2 heterocycles. The quantitative estimate of drug-likeness (QED) is 0.307. The molecule has 13 heteroatoms. The maximum absolute atomic E-state index is 13.4. The van der Waals surface area contributed by atoms with Gasteiger partial charge in [-0.1, -0.05) is 58.0 Å². The Morgan fingerprint density at radius 2 is 1.75 bits per heavy atom. The smallest absolute Gasteiger partial charge is 0.493 e. The van der Waals surface area contributed by atoms with Gasteiger partial charge in [-0.15, -0.1) is 0 Å². The SMILES string of the molecule is COc1ccnc(C(=O)N[C@H]2COC(=O)C(Cc3ccccc3)[C@@H](OC(=O)C(C)C)C(C)OC2=O)c1OC(=O)OCC(C)C. The van der Waals surface area contributed by atoms with Crippen molar-refractivity contribution >= 4 is 30.0 Å². The van der Waals surface area contributed by atoms with Gasteiger partial charge in [0.15, 0.2) is 23.6 Å². The van der Waals surface area contributed by atoms with Crippen LogP contribution in [0, 0.1) is 17.8 Å². The number of pyridine rings is 1. The Kier molecular flexibility index (Phi) is 12.1. The predicted molar refractivity (Wildman–Crippen MR) is 154 cm³/mol. The van der Waals surface area contributed by atoms with Crippen LogP contribution in [0.3, 0.4) is 0 Å². The molecule has 1 fully saturated rings. The van der Waals surface area contributed by atoms with E-state index in [1.807, 2.05) is 19.9 Å². The van der Waals surface area contributed by atoms with E-state index in [0.717, 1.165) is 5.56 Å². The van der Waals surface area contributed by atoms with Gasteiger partial charge in [-0.25, -0.2) is 14.6 Å². The first kappa shape index (κ1) is 33.8. The summed E-state index contributed by atoms with van der Waals surface area (Å²) in [5.41, 5.74) is 0.370. The van der Waals surface area contributed by atoms with Crippen molar-refractivity contribution in [2.24, 2.45) is 17.8 Å². The second-order valence-corrected chi connectivity index (χ2v) is 10.9. The van der Waals surface area contributed by atoms with Gasteiger partial charge in [0.25, 0.3) is 5.91 Å². The lowest BCUT2D eigenvalue weighted by Crippen LogP contribution is -2.47. The van der Waals surface area contributed by atoms with Crippen LogP contribution >= 0.6 is 0 Å². The first-order valence-electron chi connectivity index (χ1n) is 14.2. The summed E-state index contributed by atoms with van der Waals surface area (Å²) in [4.78, 5) is 68.9. The first-order chi connectivity index (χ1) is 20.9. The summed E-state index contributed by atoms with van der Waals surface area (Å²) in [6.07, 6.45) is -1.97. The van der Waals surface area contributed by atoms with Crippen LogP contribution in [0.1, 0.15) is 50.7 Å². The molecule has 238 valence electrons. The van der Waals surface area contributed by atoms with Gasteiger partial charge in [0.2, 0.25) is 5.75 Å². The standard InChI is InChI=1S/C31H38N2O11/c1-17(2)15-41-31(38)44-26-23(39-6)12-13-32-24(26)27(34)33-22-16-40-29(36)21(14-20-10-8-7-9-11-20)25(19(5)42-30(22)37)43-28(35)18(3)4/h7-13,17-19,21-22,25H,14-16H2,1-6H3,(H,33,34)/t19?,21?,22-,25-/m0/s1. The Balaban J connectivity index is 1.87. The molecule has 13 nitrogen and oxygen atoms in total. The van der Waals surface area contributed by atoms with Gasteiger partial charge >= 0.3 is 24.1 Å². The van der Waals surface area contributed by atoms with E-state index in [4.69, 9.17) is 28.4 Å². The van der Waals surface area contributed by atoms with E-state index in [-0.39, 0.29) is 30.4 Å². The fraction of sp³-hybridized carbons (Fsp3) is 0.484. The van der Waals surface area contributed by atoms with E-state index in [2.05, 4.69) is 10.3 Å². The average molecular weight is 615 g/mol. The highest BCUT2D eigenvalue weighted by molar-refractivity contribution is 5.98. The van der Waals surface area contributed by atoms with Crippen molar-refractivity contribution in [1.29, 1.82) is 0 Å². The fourth-order valence-corrected chi connectivity index (χ4v) is 4.18. The maximum Gasteiger partial charge on any atom is 0.514 e.